The molecule has 3 heteroatoms. The smallest absolute Gasteiger partial charge is 0.102 e. The van der Waals surface area contributed by atoms with Gasteiger partial charge in [-0.2, -0.15) is 0 Å². The molecular formula is C9H11ClN2. The maximum absolute atomic E-state index is 5.85. The highest BCUT2D eigenvalue weighted by atomic mass is 35.5. The van der Waals surface area contributed by atoms with Crippen molar-refractivity contribution >= 4 is 23.0 Å². The summed E-state index contributed by atoms with van der Waals surface area (Å²) in [6, 6.07) is 5.80. The van der Waals surface area contributed by atoms with Crippen molar-refractivity contribution in [2.24, 2.45) is 0 Å². The second-order valence-corrected chi connectivity index (χ2v) is 4.00. The van der Waals surface area contributed by atoms with Gasteiger partial charge in [-0.15, -0.1) is 0 Å². The zero-order valence-electron chi connectivity index (χ0n) is 7.11. The number of benzene rings is 1. The van der Waals surface area contributed by atoms with Crippen molar-refractivity contribution in [1.29, 1.82) is 0 Å². The Morgan fingerprint density at radius 3 is 2.58 bits per heavy atom. The molecule has 1 aliphatic rings. The number of rotatable bonds is 0. The molecule has 0 radical (unpaired) electrons. The molecule has 0 unspecified atom stereocenters. The molecule has 1 aromatic carbocycles. The average Bonchev–Trinajstić information content (AvgIpc) is 2.21. The fourth-order valence-corrected chi connectivity index (χ4v) is 1.61. The van der Waals surface area contributed by atoms with Gasteiger partial charge in [-0.3, -0.25) is 0 Å². The average molecular weight is 183 g/mol. The van der Waals surface area contributed by atoms with Gasteiger partial charge in [-0.05, 0) is 32.0 Å². The fraction of sp³-hybridized carbons (Fsp3) is 0.333. The van der Waals surface area contributed by atoms with Gasteiger partial charge < -0.3 is 10.6 Å². The van der Waals surface area contributed by atoms with Crippen molar-refractivity contribution in [3.8, 4) is 0 Å². The van der Waals surface area contributed by atoms with Crippen LogP contribution in [0.25, 0.3) is 0 Å². The Balaban J connectivity index is 2.43. The fourth-order valence-electron chi connectivity index (χ4n) is 1.43. The lowest BCUT2D eigenvalue weighted by atomic mass is 10.3. The number of hydrogen-bond acceptors (Lipinski definition) is 2. The van der Waals surface area contributed by atoms with Crippen molar-refractivity contribution in [2.75, 3.05) is 10.6 Å². The summed E-state index contributed by atoms with van der Waals surface area (Å²) in [5, 5.41) is 7.41. The number of halogens is 1. The first-order valence-electron chi connectivity index (χ1n) is 3.93. The zero-order valence-corrected chi connectivity index (χ0v) is 7.87. The summed E-state index contributed by atoms with van der Waals surface area (Å²) in [6.07, 6.45) is 0. The van der Waals surface area contributed by atoms with E-state index in [1.807, 2.05) is 18.2 Å². The SMILES string of the molecule is CC1(C)Nc2ccc(Cl)cc2N1. The summed E-state index contributed by atoms with van der Waals surface area (Å²) in [5.41, 5.74) is 2.13. The van der Waals surface area contributed by atoms with Crippen molar-refractivity contribution in [2.45, 2.75) is 19.5 Å². The number of hydrogen-bond donors (Lipinski definition) is 2. The van der Waals surface area contributed by atoms with Gasteiger partial charge in [-0.25, -0.2) is 0 Å². The molecule has 1 aliphatic heterocycles. The van der Waals surface area contributed by atoms with Crippen LogP contribution in [0.15, 0.2) is 18.2 Å². The molecular weight excluding hydrogens is 172 g/mol. The van der Waals surface area contributed by atoms with E-state index in [-0.39, 0.29) is 5.66 Å². The highest BCUT2D eigenvalue weighted by Gasteiger charge is 2.25. The van der Waals surface area contributed by atoms with Gasteiger partial charge in [-0.1, -0.05) is 11.6 Å². The summed E-state index contributed by atoms with van der Waals surface area (Å²) in [4.78, 5) is 0. The van der Waals surface area contributed by atoms with Crippen LogP contribution in [0, 0.1) is 0 Å². The normalized spacial score (nSPS) is 17.9. The third-order valence-corrected chi connectivity index (χ3v) is 2.11. The van der Waals surface area contributed by atoms with E-state index in [4.69, 9.17) is 11.6 Å². The van der Waals surface area contributed by atoms with Crippen molar-refractivity contribution in [3.63, 3.8) is 0 Å². The van der Waals surface area contributed by atoms with Gasteiger partial charge >= 0.3 is 0 Å². The van der Waals surface area contributed by atoms with Crippen molar-refractivity contribution in [1.82, 2.24) is 0 Å². The van der Waals surface area contributed by atoms with E-state index in [0.29, 0.717) is 0 Å². The van der Waals surface area contributed by atoms with Gasteiger partial charge in [0.2, 0.25) is 0 Å². The number of nitrogens with one attached hydrogen (secondary N) is 2. The standard InChI is InChI=1S/C9H11ClN2/c1-9(2)11-7-4-3-6(10)5-8(7)12-9/h3-5,11-12H,1-2H3. The molecule has 2 rings (SSSR count). The molecule has 0 saturated heterocycles. The molecule has 12 heavy (non-hydrogen) atoms. The van der Waals surface area contributed by atoms with Crippen molar-refractivity contribution < 1.29 is 0 Å². The van der Waals surface area contributed by atoms with Gasteiger partial charge in [0.25, 0.3) is 0 Å². The number of anilines is 2. The second-order valence-electron chi connectivity index (χ2n) is 3.56. The maximum atomic E-state index is 5.85. The molecule has 2 N–H and O–H groups in total. The second kappa shape index (κ2) is 2.30. The van der Waals surface area contributed by atoms with E-state index < -0.39 is 0 Å². The Labute approximate surface area is 76.9 Å². The highest BCUT2D eigenvalue weighted by molar-refractivity contribution is 6.31. The summed E-state index contributed by atoms with van der Waals surface area (Å²) in [6.45, 7) is 4.17. The van der Waals surface area contributed by atoms with E-state index in [2.05, 4.69) is 24.5 Å². The van der Waals surface area contributed by atoms with Crippen LogP contribution in [-0.2, 0) is 0 Å². The van der Waals surface area contributed by atoms with E-state index in [9.17, 15) is 0 Å². The van der Waals surface area contributed by atoms with Gasteiger partial charge in [0.1, 0.15) is 5.66 Å². The molecule has 0 fully saturated rings. The van der Waals surface area contributed by atoms with Crippen molar-refractivity contribution in [3.05, 3.63) is 23.2 Å². The summed E-state index contributed by atoms with van der Waals surface area (Å²) >= 11 is 5.85. The minimum Gasteiger partial charge on any atom is -0.362 e. The van der Waals surface area contributed by atoms with Gasteiger partial charge in [0, 0.05) is 5.02 Å². The Bertz CT molecular complexity index is 320. The zero-order chi connectivity index (χ0) is 8.77. The minimum atomic E-state index is -0.0625. The lowest BCUT2D eigenvalue weighted by molar-refractivity contribution is 0.675. The van der Waals surface area contributed by atoms with Crippen LogP contribution in [0.5, 0.6) is 0 Å². The summed E-state index contributed by atoms with van der Waals surface area (Å²) in [7, 11) is 0. The van der Waals surface area contributed by atoms with E-state index in [0.717, 1.165) is 16.4 Å². The Morgan fingerprint density at radius 1 is 1.17 bits per heavy atom. The van der Waals surface area contributed by atoms with Gasteiger partial charge in [0.15, 0.2) is 0 Å². The third kappa shape index (κ3) is 1.23. The topological polar surface area (TPSA) is 24.1 Å². The lowest BCUT2D eigenvalue weighted by Crippen LogP contribution is -2.33. The molecule has 64 valence electrons. The van der Waals surface area contributed by atoms with Gasteiger partial charge in [0.05, 0.1) is 11.4 Å². The molecule has 0 aliphatic carbocycles. The summed E-state index contributed by atoms with van der Waals surface area (Å²) in [5.74, 6) is 0. The minimum absolute atomic E-state index is 0.0625. The molecule has 0 amide bonds. The molecule has 0 saturated carbocycles. The molecule has 2 nitrogen and oxygen atoms in total. The predicted octanol–water partition coefficient (Wildman–Crippen LogP) is 2.91. The molecule has 0 atom stereocenters. The van der Waals surface area contributed by atoms with E-state index in [1.165, 1.54) is 0 Å². The summed E-state index contributed by atoms with van der Waals surface area (Å²) < 4.78 is 0. The van der Waals surface area contributed by atoms with E-state index in [1.54, 1.807) is 0 Å². The lowest BCUT2D eigenvalue weighted by Gasteiger charge is -2.19. The van der Waals surface area contributed by atoms with Crippen LogP contribution < -0.4 is 10.6 Å². The quantitative estimate of drug-likeness (QED) is 0.645. The first-order valence-corrected chi connectivity index (χ1v) is 4.30. The molecule has 0 aromatic heterocycles. The first-order chi connectivity index (χ1) is 5.57. The monoisotopic (exact) mass is 182 g/mol. The highest BCUT2D eigenvalue weighted by Crippen LogP contribution is 2.35. The van der Waals surface area contributed by atoms with E-state index >= 15 is 0 Å². The first kappa shape index (κ1) is 7.74. The molecule has 0 bridgehead atoms. The third-order valence-electron chi connectivity index (χ3n) is 1.88. The maximum Gasteiger partial charge on any atom is 0.102 e. The van der Waals surface area contributed by atoms with Crippen LogP contribution in [0.2, 0.25) is 5.02 Å². The van der Waals surface area contributed by atoms with Crippen LogP contribution in [-0.4, -0.2) is 5.66 Å². The Hall–Kier alpha value is -0.890. The molecule has 1 aromatic rings. The predicted molar refractivity (Wildman–Crippen MR) is 52.8 cm³/mol. The Kier molecular flexibility index (Phi) is 1.48. The van der Waals surface area contributed by atoms with Crippen LogP contribution >= 0.6 is 11.6 Å². The number of fused-ring (bicyclic) bond motifs is 1. The van der Waals surface area contributed by atoms with Crippen LogP contribution in [0.4, 0.5) is 11.4 Å². The van der Waals surface area contributed by atoms with Crippen LogP contribution in [0.3, 0.4) is 0 Å². The Morgan fingerprint density at radius 2 is 1.83 bits per heavy atom. The molecule has 0 spiro atoms. The molecule has 1 heterocycles. The van der Waals surface area contributed by atoms with Crippen LogP contribution in [0.1, 0.15) is 13.8 Å². The largest absolute Gasteiger partial charge is 0.362 e.